The van der Waals surface area contributed by atoms with E-state index in [0.717, 1.165) is 32.5 Å². The molecular weight excluding hydrogens is 428 g/mol. The van der Waals surface area contributed by atoms with Gasteiger partial charge in [0, 0.05) is 30.7 Å². The lowest BCUT2D eigenvalue weighted by Crippen LogP contribution is -2.42. The minimum Gasteiger partial charge on any atom is -0.444 e. The zero-order valence-electron chi connectivity index (χ0n) is 22.2. The third-order valence-electron chi connectivity index (χ3n) is 7.26. The molecule has 0 bridgehead atoms. The van der Waals surface area contributed by atoms with Gasteiger partial charge in [-0.25, -0.2) is 4.79 Å². The highest BCUT2D eigenvalue weighted by Crippen LogP contribution is 2.37. The lowest BCUT2D eigenvalue weighted by atomic mass is 9.90. The van der Waals surface area contributed by atoms with Crippen molar-refractivity contribution in [3.63, 3.8) is 0 Å². The van der Waals surface area contributed by atoms with E-state index < -0.39 is 13.9 Å². The SMILES string of the molecule is CC(CO[Si](C)(C)C(C)(C)C)n1ccc2cc(C3CCCN(C(=O)OC(C)(C)C)C3)ccc21. The molecule has 2 atom stereocenters. The standard InChI is InChI=1S/C27H44N2O3Si/c1-20(19-31-33(8,9)27(5,6)7)29-16-14-22-17-21(12-13-24(22)29)23-11-10-15-28(18-23)25(30)32-26(2,3)4/h12-14,16-17,20,23H,10-11,15,18-19H2,1-9H3. The van der Waals surface area contributed by atoms with E-state index in [1.807, 2.05) is 25.7 Å². The molecule has 0 spiro atoms. The molecule has 6 heteroatoms. The number of fused-ring (bicyclic) bond motifs is 1. The van der Waals surface area contributed by atoms with Crippen molar-refractivity contribution in [3.8, 4) is 0 Å². The van der Waals surface area contributed by atoms with Crippen LogP contribution in [0.25, 0.3) is 10.9 Å². The normalized spacial score (nSPS) is 19.1. The fourth-order valence-electron chi connectivity index (χ4n) is 4.19. The Bertz CT molecular complexity index is 968. The third kappa shape index (κ3) is 6.21. The summed E-state index contributed by atoms with van der Waals surface area (Å²) in [5.41, 5.74) is 2.08. The van der Waals surface area contributed by atoms with Gasteiger partial charge in [0.15, 0.2) is 8.32 Å². The number of hydrogen-bond acceptors (Lipinski definition) is 3. The predicted octanol–water partition coefficient (Wildman–Crippen LogP) is 7.34. The molecule has 1 aromatic heterocycles. The number of carbonyl (C=O) groups is 1. The van der Waals surface area contributed by atoms with Crippen LogP contribution in [0.4, 0.5) is 4.79 Å². The molecule has 0 saturated carbocycles. The van der Waals surface area contributed by atoms with Gasteiger partial charge >= 0.3 is 6.09 Å². The lowest BCUT2D eigenvalue weighted by molar-refractivity contribution is 0.0198. The van der Waals surface area contributed by atoms with Crippen LogP contribution < -0.4 is 0 Å². The first-order chi connectivity index (χ1) is 15.2. The van der Waals surface area contributed by atoms with Crippen molar-refractivity contribution >= 4 is 25.3 Å². The quantitative estimate of drug-likeness (QED) is 0.428. The molecule has 3 rings (SSSR count). The molecule has 1 amide bonds. The summed E-state index contributed by atoms with van der Waals surface area (Å²) in [7, 11) is -1.77. The van der Waals surface area contributed by atoms with Gasteiger partial charge in [0.1, 0.15) is 5.60 Å². The zero-order valence-corrected chi connectivity index (χ0v) is 23.2. The third-order valence-corrected chi connectivity index (χ3v) is 11.8. The highest BCUT2D eigenvalue weighted by atomic mass is 28.4. The van der Waals surface area contributed by atoms with Crippen LogP contribution in [0.1, 0.15) is 78.8 Å². The molecule has 33 heavy (non-hydrogen) atoms. The number of benzene rings is 1. The number of hydrogen-bond donors (Lipinski definition) is 0. The van der Waals surface area contributed by atoms with Crippen LogP contribution in [0.2, 0.25) is 18.1 Å². The predicted molar refractivity (Wildman–Crippen MR) is 140 cm³/mol. The molecule has 0 N–H and O–H groups in total. The van der Waals surface area contributed by atoms with E-state index in [2.05, 4.69) is 75.8 Å². The van der Waals surface area contributed by atoms with Crippen LogP contribution in [0.3, 0.4) is 0 Å². The number of likely N-dealkylation sites (tertiary alicyclic amines) is 1. The molecule has 0 radical (unpaired) electrons. The van der Waals surface area contributed by atoms with Crippen molar-refractivity contribution in [2.24, 2.45) is 0 Å². The molecular formula is C27H44N2O3Si. The lowest BCUT2D eigenvalue weighted by Gasteiger charge is -2.37. The summed E-state index contributed by atoms with van der Waals surface area (Å²) in [5, 5.41) is 1.47. The van der Waals surface area contributed by atoms with Crippen molar-refractivity contribution in [1.82, 2.24) is 9.47 Å². The number of rotatable bonds is 5. The van der Waals surface area contributed by atoms with E-state index in [9.17, 15) is 4.79 Å². The van der Waals surface area contributed by atoms with Crippen LogP contribution in [0.5, 0.6) is 0 Å². The maximum atomic E-state index is 12.6. The molecule has 2 aromatic rings. The second-order valence-electron chi connectivity index (χ2n) is 12.2. The van der Waals surface area contributed by atoms with Gasteiger partial charge in [0.05, 0.1) is 12.6 Å². The molecule has 1 aliphatic heterocycles. The first-order valence-corrected chi connectivity index (χ1v) is 15.3. The van der Waals surface area contributed by atoms with Crippen LogP contribution in [-0.2, 0) is 9.16 Å². The Labute approximate surface area is 201 Å². The van der Waals surface area contributed by atoms with E-state index in [0.29, 0.717) is 5.92 Å². The molecule has 0 aliphatic carbocycles. The second kappa shape index (κ2) is 9.45. The minimum atomic E-state index is -1.77. The average molecular weight is 473 g/mol. The monoisotopic (exact) mass is 472 g/mol. The Balaban J connectivity index is 1.71. The van der Waals surface area contributed by atoms with Gasteiger partial charge in [0.2, 0.25) is 0 Å². The summed E-state index contributed by atoms with van der Waals surface area (Å²) < 4.78 is 14.4. The summed E-state index contributed by atoms with van der Waals surface area (Å²) in [6, 6.07) is 9.26. The topological polar surface area (TPSA) is 43.7 Å². The van der Waals surface area contributed by atoms with E-state index in [1.54, 1.807) is 0 Å². The van der Waals surface area contributed by atoms with Gasteiger partial charge in [-0.05, 0) is 87.8 Å². The van der Waals surface area contributed by atoms with Crippen LogP contribution in [-0.4, -0.2) is 49.2 Å². The first-order valence-electron chi connectivity index (χ1n) is 12.4. The maximum Gasteiger partial charge on any atom is 0.410 e. The maximum absolute atomic E-state index is 12.6. The Morgan fingerprint density at radius 2 is 1.85 bits per heavy atom. The molecule has 2 unspecified atom stereocenters. The van der Waals surface area contributed by atoms with Gasteiger partial charge in [0.25, 0.3) is 0 Å². The summed E-state index contributed by atoms with van der Waals surface area (Å²) in [6.45, 7) is 21.7. The van der Waals surface area contributed by atoms with Gasteiger partial charge in [-0.3, -0.25) is 0 Å². The van der Waals surface area contributed by atoms with Gasteiger partial charge in [-0.2, -0.15) is 0 Å². The fourth-order valence-corrected chi connectivity index (χ4v) is 5.28. The zero-order chi connectivity index (χ0) is 24.6. The van der Waals surface area contributed by atoms with Gasteiger partial charge in [-0.1, -0.05) is 26.8 Å². The Morgan fingerprint density at radius 1 is 1.15 bits per heavy atom. The fraction of sp³-hybridized carbons (Fsp3) is 0.667. The number of amides is 1. The number of ether oxygens (including phenoxy) is 1. The Kier molecular flexibility index (Phi) is 7.40. The molecule has 184 valence electrons. The highest BCUT2D eigenvalue weighted by Gasteiger charge is 2.37. The van der Waals surface area contributed by atoms with Crippen LogP contribution >= 0.6 is 0 Å². The second-order valence-corrected chi connectivity index (χ2v) is 17.0. The summed E-state index contributed by atoms with van der Waals surface area (Å²) in [6.07, 6.45) is 4.09. The minimum absolute atomic E-state index is 0.199. The molecule has 1 aliphatic rings. The van der Waals surface area contributed by atoms with E-state index in [4.69, 9.17) is 9.16 Å². The highest BCUT2D eigenvalue weighted by molar-refractivity contribution is 6.74. The van der Waals surface area contributed by atoms with Crippen molar-refractivity contribution in [2.45, 2.75) is 97.0 Å². The molecule has 1 aromatic carbocycles. The molecule has 1 fully saturated rings. The Hall–Kier alpha value is -1.79. The smallest absolute Gasteiger partial charge is 0.410 e. The largest absolute Gasteiger partial charge is 0.444 e. The van der Waals surface area contributed by atoms with Crippen LogP contribution in [0, 0.1) is 0 Å². The Morgan fingerprint density at radius 3 is 2.48 bits per heavy atom. The van der Waals surface area contributed by atoms with Gasteiger partial charge < -0.3 is 18.6 Å². The van der Waals surface area contributed by atoms with Gasteiger partial charge in [-0.15, -0.1) is 0 Å². The molecule has 1 saturated heterocycles. The van der Waals surface area contributed by atoms with Crippen LogP contribution in [0.15, 0.2) is 30.5 Å². The van der Waals surface area contributed by atoms with E-state index in [-0.39, 0.29) is 17.2 Å². The molecule has 5 nitrogen and oxygen atoms in total. The van der Waals surface area contributed by atoms with E-state index in [1.165, 1.54) is 16.5 Å². The summed E-state index contributed by atoms with van der Waals surface area (Å²) in [5.74, 6) is 0.346. The number of nitrogens with zero attached hydrogens (tertiary/aromatic N) is 2. The van der Waals surface area contributed by atoms with Crippen molar-refractivity contribution in [3.05, 3.63) is 36.0 Å². The first kappa shape index (κ1) is 25.8. The van der Waals surface area contributed by atoms with E-state index >= 15 is 0 Å². The summed E-state index contributed by atoms with van der Waals surface area (Å²) >= 11 is 0. The molecule has 2 heterocycles. The number of carbonyl (C=O) groups excluding carboxylic acids is 1. The number of piperidine rings is 1. The average Bonchev–Trinajstić information content (AvgIpc) is 3.13. The van der Waals surface area contributed by atoms with Crippen molar-refractivity contribution < 1.29 is 14.0 Å². The number of aromatic nitrogens is 1. The van der Waals surface area contributed by atoms with Crippen molar-refractivity contribution in [2.75, 3.05) is 19.7 Å². The van der Waals surface area contributed by atoms with Crippen molar-refractivity contribution in [1.29, 1.82) is 0 Å². The summed E-state index contributed by atoms with van der Waals surface area (Å²) in [4.78, 5) is 14.4.